The summed E-state index contributed by atoms with van der Waals surface area (Å²) in [6, 6.07) is 15.0. The monoisotopic (exact) mass is 524 g/mol. The Bertz CT molecular complexity index is 1440. The third-order valence-corrected chi connectivity index (χ3v) is 6.90. The number of amides is 1. The normalized spacial score (nSPS) is 17.8. The standard InChI is InChI=1S/C25H22Cl2N6O3/c26-16-2-4-18-15(11-16)1-6-22(29-18)30-23(34)14-7-9-33(10-8-14)25-32-31-24(36-25)21-13-28-19-12-17(27)3-5-20(19)35-21/h1-6,11-12,14,21,28H,7-10,13H2,(H,29,30,34). The van der Waals surface area contributed by atoms with Crippen LogP contribution in [0, 0.1) is 5.92 Å². The molecule has 0 saturated carbocycles. The van der Waals surface area contributed by atoms with Crippen LogP contribution in [0.1, 0.15) is 24.8 Å². The van der Waals surface area contributed by atoms with Crippen LogP contribution in [0.2, 0.25) is 10.0 Å². The molecular formula is C25H22Cl2N6O3. The Labute approximate surface area is 216 Å². The lowest BCUT2D eigenvalue weighted by Gasteiger charge is -2.29. The second-order valence-corrected chi connectivity index (χ2v) is 9.71. The molecule has 1 saturated heterocycles. The molecule has 6 rings (SSSR count). The third-order valence-electron chi connectivity index (χ3n) is 6.43. The van der Waals surface area contributed by atoms with Crippen molar-refractivity contribution in [3.63, 3.8) is 0 Å². The Hall–Kier alpha value is -3.56. The first kappa shape index (κ1) is 22.9. The number of piperidine rings is 1. The zero-order valence-corrected chi connectivity index (χ0v) is 20.6. The highest BCUT2D eigenvalue weighted by Gasteiger charge is 2.30. The van der Waals surface area contributed by atoms with Crippen molar-refractivity contribution in [3.8, 4) is 5.75 Å². The first-order chi connectivity index (χ1) is 17.5. The predicted octanol–water partition coefficient (Wildman–Crippen LogP) is 5.33. The van der Waals surface area contributed by atoms with Crippen molar-refractivity contribution < 1.29 is 13.9 Å². The van der Waals surface area contributed by atoms with Gasteiger partial charge in [-0.25, -0.2) is 4.98 Å². The second kappa shape index (κ2) is 9.48. The van der Waals surface area contributed by atoms with Crippen molar-refractivity contribution in [1.82, 2.24) is 15.2 Å². The van der Waals surface area contributed by atoms with E-state index < -0.39 is 6.10 Å². The van der Waals surface area contributed by atoms with Crippen molar-refractivity contribution in [2.45, 2.75) is 18.9 Å². The summed E-state index contributed by atoms with van der Waals surface area (Å²) in [5.41, 5.74) is 1.62. The number of benzene rings is 2. The molecule has 36 heavy (non-hydrogen) atoms. The number of ether oxygens (including phenoxy) is 1. The van der Waals surface area contributed by atoms with Gasteiger partial charge in [0.25, 0.3) is 5.89 Å². The number of fused-ring (bicyclic) bond motifs is 2. The Balaban J connectivity index is 1.05. The summed E-state index contributed by atoms with van der Waals surface area (Å²) in [5, 5.41) is 16.9. The Morgan fingerprint density at radius 3 is 2.69 bits per heavy atom. The van der Waals surface area contributed by atoms with E-state index in [2.05, 4.69) is 25.8 Å². The smallest absolute Gasteiger partial charge is 0.318 e. The minimum atomic E-state index is -0.395. The molecule has 2 aliphatic heterocycles. The van der Waals surface area contributed by atoms with Gasteiger partial charge < -0.3 is 24.7 Å². The van der Waals surface area contributed by atoms with Gasteiger partial charge in [-0.05, 0) is 61.4 Å². The van der Waals surface area contributed by atoms with E-state index in [4.69, 9.17) is 32.4 Å². The Morgan fingerprint density at radius 1 is 1.03 bits per heavy atom. The zero-order chi connectivity index (χ0) is 24.6. The number of rotatable bonds is 4. The average Bonchev–Trinajstić information content (AvgIpc) is 3.39. The van der Waals surface area contributed by atoms with Crippen LogP contribution in [0.15, 0.2) is 52.9 Å². The van der Waals surface area contributed by atoms with Gasteiger partial charge in [-0.3, -0.25) is 4.79 Å². The minimum Gasteiger partial charge on any atom is -0.477 e. The summed E-state index contributed by atoms with van der Waals surface area (Å²) >= 11 is 12.1. The number of aromatic nitrogens is 3. The van der Waals surface area contributed by atoms with E-state index in [1.165, 1.54) is 0 Å². The number of hydrogen-bond acceptors (Lipinski definition) is 8. The first-order valence-electron chi connectivity index (χ1n) is 11.7. The maximum Gasteiger partial charge on any atom is 0.318 e. The zero-order valence-electron chi connectivity index (χ0n) is 19.1. The van der Waals surface area contributed by atoms with Crippen LogP contribution < -0.4 is 20.3 Å². The molecule has 1 atom stereocenters. The number of carbonyl (C=O) groups excluding carboxylic acids is 1. The molecule has 0 bridgehead atoms. The van der Waals surface area contributed by atoms with E-state index in [9.17, 15) is 4.79 Å². The van der Waals surface area contributed by atoms with E-state index >= 15 is 0 Å². The minimum absolute atomic E-state index is 0.0397. The quantitative estimate of drug-likeness (QED) is 0.369. The SMILES string of the molecule is O=C(Nc1ccc2cc(Cl)ccc2n1)C1CCN(c2nnc(C3CNc4cc(Cl)ccc4O3)o2)CC1. The van der Waals surface area contributed by atoms with Crippen LogP contribution in [0.3, 0.4) is 0 Å². The molecule has 0 spiro atoms. The maximum atomic E-state index is 12.9. The van der Waals surface area contributed by atoms with Crippen molar-refractivity contribution in [2.75, 3.05) is 35.2 Å². The van der Waals surface area contributed by atoms with Crippen LogP contribution in [-0.2, 0) is 4.79 Å². The molecule has 4 heterocycles. The number of carbonyl (C=O) groups is 1. The number of halogens is 2. The summed E-state index contributed by atoms with van der Waals surface area (Å²) in [7, 11) is 0. The lowest BCUT2D eigenvalue weighted by molar-refractivity contribution is -0.120. The number of nitrogens with one attached hydrogen (secondary N) is 2. The molecule has 2 N–H and O–H groups in total. The Kier molecular flexibility index (Phi) is 6.02. The van der Waals surface area contributed by atoms with E-state index in [0.717, 1.165) is 16.6 Å². The van der Waals surface area contributed by atoms with Gasteiger partial charge in [0.2, 0.25) is 5.91 Å². The number of pyridine rings is 1. The molecule has 184 valence electrons. The molecule has 1 unspecified atom stereocenters. The van der Waals surface area contributed by atoms with Crippen LogP contribution in [0.25, 0.3) is 10.9 Å². The van der Waals surface area contributed by atoms with Gasteiger partial charge in [0.15, 0.2) is 6.10 Å². The highest BCUT2D eigenvalue weighted by atomic mass is 35.5. The largest absolute Gasteiger partial charge is 0.477 e. The molecule has 2 aliphatic rings. The van der Waals surface area contributed by atoms with Gasteiger partial charge in [0, 0.05) is 34.4 Å². The van der Waals surface area contributed by atoms with Crippen molar-refractivity contribution in [1.29, 1.82) is 0 Å². The van der Waals surface area contributed by atoms with Gasteiger partial charge >= 0.3 is 6.01 Å². The molecule has 4 aromatic rings. The Morgan fingerprint density at radius 2 is 1.83 bits per heavy atom. The topological polar surface area (TPSA) is 105 Å². The van der Waals surface area contributed by atoms with Crippen molar-refractivity contribution >= 4 is 57.5 Å². The van der Waals surface area contributed by atoms with Gasteiger partial charge in [-0.15, -0.1) is 5.10 Å². The van der Waals surface area contributed by atoms with E-state index in [-0.39, 0.29) is 11.8 Å². The summed E-state index contributed by atoms with van der Waals surface area (Å²) < 4.78 is 11.9. The fraction of sp³-hybridized carbons (Fsp3) is 0.280. The van der Waals surface area contributed by atoms with Gasteiger partial charge in [-0.2, -0.15) is 0 Å². The molecule has 0 radical (unpaired) electrons. The maximum absolute atomic E-state index is 12.9. The predicted molar refractivity (Wildman–Crippen MR) is 138 cm³/mol. The highest BCUT2D eigenvalue weighted by Crippen LogP contribution is 2.36. The summed E-state index contributed by atoms with van der Waals surface area (Å²) in [4.78, 5) is 19.4. The molecule has 9 nitrogen and oxygen atoms in total. The number of hydrogen-bond donors (Lipinski definition) is 2. The molecule has 0 aliphatic carbocycles. The lowest BCUT2D eigenvalue weighted by atomic mass is 9.96. The summed E-state index contributed by atoms with van der Waals surface area (Å²) in [6.07, 6.45) is 0.943. The van der Waals surface area contributed by atoms with Crippen LogP contribution in [0.4, 0.5) is 17.5 Å². The van der Waals surface area contributed by atoms with E-state index in [1.54, 1.807) is 18.2 Å². The van der Waals surface area contributed by atoms with Crippen LogP contribution >= 0.6 is 23.2 Å². The van der Waals surface area contributed by atoms with Crippen LogP contribution in [0.5, 0.6) is 5.75 Å². The van der Waals surface area contributed by atoms with Crippen molar-refractivity contribution in [2.24, 2.45) is 5.92 Å². The molecule has 11 heteroatoms. The number of anilines is 3. The molecule has 2 aromatic carbocycles. The second-order valence-electron chi connectivity index (χ2n) is 8.83. The summed E-state index contributed by atoms with van der Waals surface area (Å²) in [5.74, 6) is 1.46. The van der Waals surface area contributed by atoms with Crippen LogP contribution in [-0.4, -0.2) is 40.7 Å². The molecule has 1 amide bonds. The van der Waals surface area contributed by atoms with Gasteiger partial charge in [0.1, 0.15) is 11.6 Å². The van der Waals surface area contributed by atoms with Gasteiger partial charge in [-0.1, -0.05) is 28.3 Å². The highest BCUT2D eigenvalue weighted by molar-refractivity contribution is 6.31. The fourth-order valence-electron chi connectivity index (χ4n) is 4.49. The lowest BCUT2D eigenvalue weighted by Crippen LogP contribution is -2.38. The number of nitrogens with zero attached hydrogens (tertiary/aromatic N) is 4. The molecular weight excluding hydrogens is 503 g/mol. The fourth-order valence-corrected chi connectivity index (χ4v) is 4.84. The van der Waals surface area contributed by atoms with E-state index in [0.29, 0.717) is 66.0 Å². The molecule has 2 aromatic heterocycles. The average molecular weight is 525 g/mol. The van der Waals surface area contributed by atoms with E-state index in [1.807, 2.05) is 35.2 Å². The molecule has 1 fully saturated rings. The van der Waals surface area contributed by atoms with Gasteiger partial charge in [0.05, 0.1) is 17.7 Å². The van der Waals surface area contributed by atoms with Crippen molar-refractivity contribution in [3.05, 3.63) is 64.5 Å². The third kappa shape index (κ3) is 4.64. The first-order valence-corrected chi connectivity index (χ1v) is 12.4. The summed E-state index contributed by atoms with van der Waals surface area (Å²) in [6.45, 7) is 1.76.